The minimum absolute atomic E-state index is 0. The Labute approximate surface area is 100 Å². The molecule has 84 valence electrons. The SMILES string of the molecule is Cc1cc(Nc2ccccc2)nc(N)n1.Cl. The van der Waals surface area contributed by atoms with Gasteiger partial charge in [0.25, 0.3) is 0 Å². The van der Waals surface area contributed by atoms with Gasteiger partial charge in [0.15, 0.2) is 0 Å². The predicted molar refractivity (Wildman–Crippen MR) is 68.2 cm³/mol. The van der Waals surface area contributed by atoms with Crippen LogP contribution in [0.4, 0.5) is 17.5 Å². The summed E-state index contributed by atoms with van der Waals surface area (Å²) in [6.07, 6.45) is 0. The Morgan fingerprint density at radius 1 is 1.12 bits per heavy atom. The molecule has 5 heteroatoms. The summed E-state index contributed by atoms with van der Waals surface area (Å²) < 4.78 is 0. The van der Waals surface area contributed by atoms with Crippen LogP contribution in [0.3, 0.4) is 0 Å². The van der Waals surface area contributed by atoms with Crippen molar-refractivity contribution in [3.63, 3.8) is 0 Å². The number of hydrogen-bond donors (Lipinski definition) is 2. The number of nitrogens with zero attached hydrogens (tertiary/aromatic N) is 2. The number of rotatable bonds is 2. The minimum Gasteiger partial charge on any atom is -0.368 e. The van der Waals surface area contributed by atoms with E-state index in [0.29, 0.717) is 5.82 Å². The third kappa shape index (κ3) is 3.10. The van der Waals surface area contributed by atoms with Gasteiger partial charge in [0.1, 0.15) is 5.82 Å². The molecular formula is C11H13ClN4. The van der Waals surface area contributed by atoms with Crippen molar-refractivity contribution in [3.05, 3.63) is 42.1 Å². The summed E-state index contributed by atoms with van der Waals surface area (Å²) in [6.45, 7) is 1.88. The highest BCUT2D eigenvalue weighted by Gasteiger charge is 1.98. The predicted octanol–water partition coefficient (Wildman–Crippen LogP) is 2.53. The van der Waals surface area contributed by atoms with E-state index in [1.54, 1.807) is 0 Å². The zero-order valence-electron chi connectivity index (χ0n) is 8.84. The van der Waals surface area contributed by atoms with Crippen LogP contribution in [0.25, 0.3) is 0 Å². The van der Waals surface area contributed by atoms with E-state index >= 15 is 0 Å². The number of nitrogens with one attached hydrogen (secondary N) is 1. The van der Waals surface area contributed by atoms with E-state index in [0.717, 1.165) is 11.4 Å². The number of para-hydroxylation sites is 1. The fourth-order valence-electron chi connectivity index (χ4n) is 1.32. The first-order valence-corrected chi connectivity index (χ1v) is 4.67. The molecule has 0 aliphatic carbocycles. The smallest absolute Gasteiger partial charge is 0.222 e. The molecule has 0 atom stereocenters. The Bertz CT molecular complexity index is 439. The van der Waals surface area contributed by atoms with Crippen molar-refractivity contribution in [2.45, 2.75) is 6.92 Å². The lowest BCUT2D eigenvalue weighted by Crippen LogP contribution is -2.01. The number of nitrogens with two attached hydrogens (primary N) is 1. The maximum Gasteiger partial charge on any atom is 0.222 e. The number of anilines is 3. The van der Waals surface area contributed by atoms with Gasteiger partial charge in [-0.3, -0.25) is 0 Å². The molecule has 16 heavy (non-hydrogen) atoms. The first kappa shape index (κ1) is 12.3. The molecule has 2 rings (SSSR count). The van der Waals surface area contributed by atoms with Crippen LogP contribution in [0.5, 0.6) is 0 Å². The summed E-state index contributed by atoms with van der Waals surface area (Å²) in [5, 5.41) is 3.15. The van der Waals surface area contributed by atoms with E-state index in [1.165, 1.54) is 0 Å². The van der Waals surface area contributed by atoms with Crippen molar-refractivity contribution in [1.29, 1.82) is 0 Å². The molecule has 0 saturated heterocycles. The van der Waals surface area contributed by atoms with Crippen LogP contribution in [-0.2, 0) is 0 Å². The number of aromatic nitrogens is 2. The number of aryl methyl sites for hydroxylation is 1. The lowest BCUT2D eigenvalue weighted by molar-refractivity contribution is 1.12. The summed E-state index contributed by atoms with van der Waals surface area (Å²) in [5.74, 6) is 1.000. The Hall–Kier alpha value is -1.81. The van der Waals surface area contributed by atoms with E-state index in [9.17, 15) is 0 Å². The Morgan fingerprint density at radius 2 is 1.81 bits per heavy atom. The van der Waals surface area contributed by atoms with E-state index < -0.39 is 0 Å². The number of halogens is 1. The largest absolute Gasteiger partial charge is 0.368 e. The van der Waals surface area contributed by atoms with Gasteiger partial charge < -0.3 is 11.1 Å². The molecule has 0 saturated carbocycles. The van der Waals surface area contributed by atoms with Crippen LogP contribution in [0, 0.1) is 6.92 Å². The quantitative estimate of drug-likeness (QED) is 0.841. The average Bonchev–Trinajstić information content (AvgIpc) is 2.17. The van der Waals surface area contributed by atoms with Gasteiger partial charge in [-0.25, -0.2) is 4.98 Å². The molecule has 2 aromatic rings. The van der Waals surface area contributed by atoms with Crippen molar-refractivity contribution in [2.24, 2.45) is 0 Å². The second-order valence-corrected chi connectivity index (χ2v) is 3.24. The van der Waals surface area contributed by atoms with Gasteiger partial charge in [-0.1, -0.05) is 18.2 Å². The Morgan fingerprint density at radius 3 is 2.44 bits per heavy atom. The second kappa shape index (κ2) is 5.32. The molecule has 0 aliphatic rings. The fraction of sp³-hybridized carbons (Fsp3) is 0.0909. The first-order valence-electron chi connectivity index (χ1n) is 4.67. The molecule has 0 amide bonds. The third-order valence-corrected chi connectivity index (χ3v) is 1.92. The molecule has 0 bridgehead atoms. The highest BCUT2D eigenvalue weighted by Crippen LogP contribution is 2.14. The summed E-state index contributed by atoms with van der Waals surface area (Å²) in [7, 11) is 0. The van der Waals surface area contributed by atoms with Crippen LogP contribution in [0.1, 0.15) is 5.69 Å². The molecule has 1 aromatic heterocycles. The topological polar surface area (TPSA) is 63.8 Å². The zero-order chi connectivity index (χ0) is 10.7. The Kier molecular flexibility index (Phi) is 4.08. The Balaban J connectivity index is 0.00000128. The maximum atomic E-state index is 5.55. The summed E-state index contributed by atoms with van der Waals surface area (Å²) in [5.41, 5.74) is 7.38. The van der Waals surface area contributed by atoms with E-state index in [-0.39, 0.29) is 18.4 Å². The van der Waals surface area contributed by atoms with Crippen LogP contribution >= 0.6 is 12.4 Å². The van der Waals surface area contributed by atoms with Crippen molar-refractivity contribution in [1.82, 2.24) is 9.97 Å². The molecule has 0 aliphatic heterocycles. The number of hydrogen-bond acceptors (Lipinski definition) is 4. The highest BCUT2D eigenvalue weighted by molar-refractivity contribution is 5.85. The summed E-state index contributed by atoms with van der Waals surface area (Å²) in [4.78, 5) is 8.09. The van der Waals surface area contributed by atoms with Crippen LogP contribution in [0.2, 0.25) is 0 Å². The van der Waals surface area contributed by atoms with Crippen LogP contribution < -0.4 is 11.1 Å². The fourth-order valence-corrected chi connectivity index (χ4v) is 1.32. The summed E-state index contributed by atoms with van der Waals surface area (Å²) in [6, 6.07) is 11.7. The molecule has 1 aromatic carbocycles. The zero-order valence-corrected chi connectivity index (χ0v) is 9.66. The summed E-state index contributed by atoms with van der Waals surface area (Å²) >= 11 is 0. The van der Waals surface area contributed by atoms with Crippen molar-refractivity contribution in [3.8, 4) is 0 Å². The first-order chi connectivity index (χ1) is 7.24. The number of nitrogen functional groups attached to an aromatic ring is 1. The van der Waals surface area contributed by atoms with E-state index in [4.69, 9.17) is 5.73 Å². The van der Waals surface area contributed by atoms with Gasteiger partial charge in [0.2, 0.25) is 5.95 Å². The molecule has 3 N–H and O–H groups in total. The minimum atomic E-state index is 0. The second-order valence-electron chi connectivity index (χ2n) is 3.24. The van der Waals surface area contributed by atoms with E-state index in [2.05, 4.69) is 15.3 Å². The molecule has 0 fully saturated rings. The van der Waals surface area contributed by atoms with Crippen LogP contribution in [0.15, 0.2) is 36.4 Å². The van der Waals surface area contributed by atoms with Gasteiger partial charge in [-0.15, -0.1) is 12.4 Å². The van der Waals surface area contributed by atoms with E-state index in [1.807, 2.05) is 43.3 Å². The molecule has 0 radical (unpaired) electrons. The van der Waals surface area contributed by atoms with Gasteiger partial charge in [-0.2, -0.15) is 4.98 Å². The number of benzene rings is 1. The lowest BCUT2D eigenvalue weighted by atomic mass is 10.3. The molecule has 0 unspecified atom stereocenters. The third-order valence-electron chi connectivity index (χ3n) is 1.92. The maximum absolute atomic E-state index is 5.55. The van der Waals surface area contributed by atoms with Crippen molar-refractivity contribution in [2.75, 3.05) is 11.1 Å². The highest BCUT2D eigenvalue weighted by atomic mass is 35.5. The normalized spacial score (nSPS) is 9.31. The molecule has 0 spiro atoms. The molecule has 4 nitrogen and oxygen atoms in total. The van der Waals surface area contributed by atoms with Gasteiger partial charge in [-0.05, 0) is 19.1 Å². The lowest BCUT2D eigenvalue weighted by Gasteiger charge is -2.06. The van der Waals surface area contributed by atoms with Crippen molar-refractivity contribution < 1.29 is 0 Å². The molecule has 1 heterocycles. The van der Waals surface area contributed by atoms with Gasteiger partial charge in [0.05, 0.1) is 0 Å². The van der Waals surface area contributed by atoms with Gasteiger partial charge >= 0.3 is 0 Å². The monoisotopic (exact) mass is 236 g/mol. The average molecular weight is 237 g/mol. The standard InChI is InChI=1S/C11H12N4.ClH/c1-8-7-10(15-11(12)13-8)14-9-5-3-2-4-6-9;/h2-7H,1H3,(H3,12,13,14,15);1H. The molecular weight excluding hydrogens is 224 g/mol. The van der Waals surface area contributed by atoms with Crippen LogP contribution in [-0.4, -0.2) is 9.97 Å². The van der Waals surface area contributed by atoms with Crippen molar-refractivity contribution >= 4 is 29.9 Å². The van der Waals surface area contributed by atoms with Gasteiger partial charge in [0, 0.05) is 17.4 Å².